The standard InChI is InChI=1S/C16H17N5O3/c1-8-5-9(2)18-16(17-8)21-15-14(10(3)20-21)12(22)6-11(19-15)7-13(23)24-4/h5-6H,7H2,1-4H3,(H,19,22). The smallest absolute Gasteiger partial charge is 0.311 e. The Morgan fingerprint density at radius 1 is 1.21 bits per heavy atom. The van der Waals surface area contributed by atoms with E-state index in [1.54, 1.807) is 6.92 Å². The number of aryl methyl sites for hydroxylation is 3. The van der Waals surface area contributed by atoms with Crippen LogP contribution in [-0.2, 0) is 16.0 Å². The Morgan fingerprint density at radius 3 is 2.50 bits per heavy atom. The Labute approximate surface area is 137 Å². The number of hydrogen-bond acceptors (Lipinski definition) is 6. The van der Waals surface area contributed by atoms with Gasteiger partial charge < -0.3 is 9.72 Å². The third-order valence-electron chi connectivity index (χ3n) is 3.61. The molecule has 0 aromatic carbocycles. The van der Waals surface area contributed by atoms with Crippen molar-refractivity contribution in [3.8, 4) is 5.95 Å². The molecule has 8 heteroatoms. The zero-order valence-corrected chi connectivity index (χ0v) is 13.9. The number of pyridine rings is 1. The largest absolute Gasteiger partial charge is 0.469 e. The van der Waals surface area contributed by atoms with Crippen LogP contribution in [0.1, 0.15) is 22.8 Å². The van der Waals surface area contributed by atoms with Crippen molar-refractivity contribution in [2.45, 2.75) is 27.2 Å². The number of methoxy groups -OCH3 is 1. The van der Waals surface area contributed by atoms with Gasteiger partial charge in [-0.2, -0.15) is 9.78 Å². The second-order valence-corrected chi connectivity index (χ2v) is 5.58. The van der Waals surface area contributed by atoms with Crippen molar-refractivity contribution in [2.75, 3.05) is 7.11 Å². The van der Waals surface area contributed by atoms with Gasteiger partial charge in [0.05, 0.1) is 24.6 Å². The summed E-state index contributed by atoms with van der Waals surface area (Å²) < 4.78 is 6.14. The molecular formula is C16H17N5O3. The number of nitrogens with zero attached hydrogens (tertiary/aromatic N) is 4. The van der Waals surface area contributed by atoms with E-state index in [4.69, 9.17) is 0 Å². The number of fused-ring (bicyclic) bond motifs is 1. The Kier molecular flexibility index (Phi) is 3.88. The fraction of sp³-hybridized carbons (Fsp3) is 0.312. The van der Waals surface area contributed by atoms with E-state index in [0.29, 0.717) is 28.4 Å². The number of aromatic amines is 1. The molecule has 3 aromatic heterocycles. The highest BCUT2D eigenvalue weighted by Crippen LogP contribution is 2.16. The van der Waals surface area contributed by atoms with E-state index in [1.165, 1.54) is 17.9 Å². The lowest BCUT2D eigenvalue weighted by Crippen LogP contribution is -2.12. The first-order chi connectivity index (χ1) is 11.4. The van der Waals surface area contributed by atoms with Crippen molar-refractivity contribution in [2.24, 2.45) is 0 Å². The van der Waals surface area contributed by atoms with Crippen LogP contribution in [0.5, 0.6) is 0 Å². The van der Waals surface area contributed by atoms with Crippen LogP contribution in [0.2, 0.25) is 0 Å². The van der Waals surface area contributed by atoms with Crippen molar-refractivity contribution in [1.29, 1.82) is 0 Å². The molecule has 0 aliphatic rings. The zero-order valence-electron chi connectivity index (χ0n) is 13.9. The first-order valence-corrected chi connectivity index (χ1v) is 7.40. The topological polar surface area (TPSA) is 103 Å². The fourth-order valence-electron chi connectivity index (χ4n) is 2.63. The molecule has 3 heterocycles. The van der Waals surface area contributed by atoms with E-state index in [0.717, 1.165) is 11.4 Å². The van der Waals surface area contributed by atoms with Crippen LogP contribution >= 0.6 is 0 Å². The van der Waals surface area contributed by atoms with Crippen LogP contribution in [0.3, 0.4) is 0 Å². The fourth-order valence-corrected chi connectivity index (χ4v) is 2.63. The summed E-state index contributed by atoms with van der Waals surface area (Å²) in [5, 5.41) is 4.84. The minimum Gasteiger partial charge on any atom is -0.469 e. The number of carbonyl (C=O) groups excluding carboxylic acids is 1. The third kappa shape index (κ3) is 2.78. The Morgan fingerprint density at radius 2 is 1.88 bits per heavy atom. The number of H-pyrrole nitrogens is 1. The molecule has 0 aliphatic heterocycles. The van der Waals surface area contributed by atoms with Gasteiger partial charge in [0.1, 0.15) is 5.65 Å². The molecule has 0 unspecified atom stereocenters. The summed E-state index contributed by atoms with van der Waals surface area (Å²) in [7, 11) is 1.30. The van der Waals surface area contributed by atoms with Crippen molar-refractivity contribution in [1.82, 2.24) is 24.7 Å². The molecule has 8 nitrogen and oxygen atoms in total. The van der Waals surface area contributed by atoms with Crippen LogP contribution in [0.15, 0.2) is 16.9 Å². The van der Waals surface area contributed by atoms with Crippen molar-refractivity contribution >= 4 is 17.0 Å². The lowest BCUT2D eigenvalue weighted by atomic mass is 10.2. The normalized spacial score (nSPS) is 11.0. The number of rotatable bonds is 3. The SMILES string of the molecule is COC(=O)Cc1cc(=O)c2c(C)nn(-c3nc(C)cc(C)n3)c2[nH]1. The van der Waals surface area contributed by atoms with Gasteiger partial charge in [0.25, 0.3) is 5.95 Å². The predicted molar refractivity (Wildman–Crippen MR) is 87.2 cm³/mol. The van der Waals surface area contributed by atoms with Gasteiger partial charge in [-0.1, -0.05) is 0 Å². The summed E-state index contributed by atoms with van der Waals surface area (Å²) in [5.41, 5.74) is 2.86. The van der Waals surface area contributed by atoms with Crippen LogP contribution in [-0.4, -0.2) is 37.8 Å². The van der Waals surface area contributed by atoms with Crippen molar-refractivity contribution < 1.29 is 9.53 Å². The molecule has 124 valence electrons. The van der Waals surface area contributed by atoms with Gasteiger partial charge in [-0.05, 0) is 26.8 Å². The van der Waals surface area contributed by atoms with Gasteiger partial charge in [0, 0.05) is 23.1 Å². The van der Waals surface area contributed by atoms with Gasteiger partial charge in [-0.3, -0.25) is 9.59 Å². The average molecular weight is 327 g/mol. The van der Waals surface area contributed by atoms with Crippen LogP contribution in [0, 0.1) is 20.8 Å². The second kappa shape index (κ2) is 5.88. The van der Waals surface area contributed by atoms with Gasteiger partial charge in [0.15, 0.2) is 5.43 Å². The van der Waals surface area contributed by atoms with Gasteiger partial charge in [0.2, 0.25) is 0 Å². The van der Waals surface area contributed by atoms with Crippen LogP contribution < -0.4 is 5.43 Å². The second-order valence-electron chi connectivity index (χ2n) is 5.58. The molecule has 3 rings (SSSR count). The minimum atomic E-state index is -0.435. The van der Waals surface area contributed by atoms with E-state index in [2.05, 4.69) is 24.8 Å². The van der Waals surface area contributed by atoms with Gasteiger partial charge in [-0.25, -0.2) is 9.97 Å². The number of esters is 1. The Bertz CT molecular complexity index is 983. The number of hydrogen-bond donors (Lipinski definition) is 1. The monoisotopic (exact) mass is 327 g/mol. The summed E-state index contributed by atoms with van der Waals surface area (Å²) in [4.78, 5) is 35.7. The molecule has 3 aromatic rings. The maximum absolute atomic E-state index is 12.4. The lowest BCUT2D eigenvalue weighted by molar-refractivity contribution is -0.139. The van der Waals surface area contributed by atoms with Gasteiger partial charge in [-0.15, -0.1) is 0 Å². The molecule has 1 N–H and O–H groups in total. The predicted octanol–water partition coefficient (Wildman–Crippen LogP) is 1.14. The maximum Gasteiger partial charge on any atom is 0.311 e. The summed E-state index contributed by atoms with van der Waals surface area (Å²) >= 11 is 0. The molecular weight excluding hydrogens is 310 g/mol. The first kappa shape index (κ1) is 15.9. The molecule has 0 fully saturated rings. The van der Waals surface area contributed by atoms with E-state index in [9.17, 15) is 9.59 Å². The summed E-state index contributed by atoms with van der Waals surface area (Å²) in [5.74, 6) is -0.0631. The Hall–Kier alpha value is -3.03. The Balaban J connectivity index is 2.25. The van der Waals surface area contributed by atoms with E-state index in [-0.39, 0.29) is 11.8 Å². The lowest BCUT2D eigenvalue weighted by Gasteiger charge is -2.06. The quantitative estimate of drug-likeness (QED) is 0.724. The highest BCUT2D eigenvalue weighted by atomic mass is 16.5. The van der Waals surface area contributed by atoms with E-state index >= 15 is 0 Å². The van der Waals surface area contributed by atoms with Crippen LogP contribution in [0.4, 0.5) is 0 Å². The van der Waals surface area contributed by atoms with Crippen LogP contribution in [0.25, 0.3) is 17.0 Å². The molecule has 0 radical (unpaired) electrons. The van der Waals surface area contributed by atoms with Gasteiger partial charge >= 0.3 is 5.97 Å². The number of aromatic nitrogens is 5. The maximum atomic E-state index is 12.4. The highest BCUT2D eigenvalue weighted by Gasteiger charge is 2.17. The van der Waals surface area contributed by atoms with E-state index < -0.39 is 5.97 Å². The summed E-state index contributed by atoms with van der Waals surface area (Å²) in [6, 6.07) is 3.24. The molecule has 0 bridgehead atoms. The number of nitrogens with one attached hydrogen (secondary N) is 1. The first-order valence-electron chi connectivity index (χ1n) is 7.40. The molecule has 0 aliphatic carbocycles. The third-order valence-corrected chi connectivity index (χ3v) is 3.61. The zero-order chi connectivity index (χ0) is 17.4. The number of carbonyl (C=O) groups is 1. The van der Waals surface area contributed by atoms with E-state index in [1.807, 2.05) is 19.9 Å². The summed E-state index contributed by atoms with van der Waals surface area (Å²) in [6.07, 6.45) is -0.0282. The molecule has 0 spiro atoms. The minimum absolute atomic E-state index is 0.0282. The average Bonchev–Trinajstić information content (AvgIpc) is 2.83. The molecule has 0 atom stereocenters. The molecule has 0 saturated heterocycles. The molecule has 24 heavy (non-hydrogen) atoms. The number of ether oxygens (including phenoxy) is 1. The molecule has 0 amide bonds. The summed E-state index contributed by atoms with van der Waals surface area (Å²) in [6.45, 7) is 5.47. The van der Waals surface area contributed by atoms with Crippen molar-refractivity contribution in [3.05, 3.63) is 45.1 Å². The van der Waals surface area contributed by atoms with Crippen molar-refractivity contribution in [3.63, 3.8) is 0 Å². The molecule has 0 saturated carbocycles. The highest BCUT2D eigenvalue weighted by molar-refractivity contribution is 5.80.